The van der Waals surface area contributed by atoms with E-state index in [1.807, 2.05) is 18.2 Å². The number of fused-ring (bicyclic) bond motifs is 1. The van der Waals surface area contributed by atoms with Gasteiger partial charge >= 0.3 is 5.69 Å². The Kier molecular flexibility index (Phi) is 2.67. The molecule has 2 aromatic rings. The normalized spacial score (nSPS) is 12.2. The van der Waals surface area contributed by atoms with Gasteiger partial charge in [0.2, 0.25) is 0 Å². The van der Waals surface area contributed by atoms with Gasteiger partial charge in [0, 0.05) is 4.47 Å². The molecule has 86 valence electrons. The molecular formula is C11H13BrN2O2. The lowest BCUT2D eigenvalue weighted by atomic mass is 10.1. The quantitative estimate of drug-likeness (QED) is 0.885. The number of imidazole rings is 1. The zero-order valence-corrected chi connectivity index (χ0v) is 10.7. The Hall–Kier alpha value is -1.07. The fourth-order valence-electron chi connectivity index (χ4n) is 1.67. The highest BCUT2D eigenvalue weighted by atomic mass is 79.9. The van der Waals surface area contributed by atoms with Crippen molar-refractivity contribution in [3.8, 4) is 0 Å². The molecular weight excluding hydrogens is 272 g/mol. The fraction of sp³-hybridized carbons (Fsp3) is 0.364. The summed E-state index contributed by atoms with van der Waals surface area (Å²) in [5.74, 6) is 0. The van der Waals surface area contributed by atoms with E-state index in [-0.39, 0.29) is 12.2 Å². The van der Waals surface area contributed by atoms with Crippen LogP contribution in [0.4, 0.5) is 0 Å². The van der Waals surface area contributed by atoms with Gasteiger partial charge in [-0.15, -0.1) is 0 Å². The Balaban J connectivity index is 2.63. The molecule has 5 heteroatoms. The van der Waals surface area contributed by atoms with Crippen molar-refractivity contribution >= 4 is 27.0 Å². The van der Waals surface area contributed by atoms with E-state index >= 15 is 0 Å². The van der Waals surface area contributed by atoms with Crippen molar-refractivity contribution in [1.29, 1.82) is 0 Å². The van der Waals surface area contributed by atoms with Crippen LogP contribution in [0.1, 0.15) is 13.8 Å². The summed E-state index contributed by atoms with van der Waals surface area (Å²) in [5, 5.41) is 9.76. The van der Waals surface area contributed by atoms with Crippen LogP contribution in [0.2, 0.25) is 0 Å². The van der Waals surface area contributed by atoms with Crippen LogP contribution in [-0.2, 0) is 6.54 Å². The smallest absolute Gasteiger partial charge is 0.326 e. The molecule has 0 saturated carbocycles. The van der Waals surface area contributed by atoms with E-state index < -0.39 is 5.60 Å². The Morgan fingerprint density at radius 3 is 2.81 bits per heavy atom. The van der Waals surface area contributed by atoms with Crippen molar-refractivity contribution in [1.82, 2.24) is 9.55 Å². The van der Waals surface area contributed by atoms with Crippen LogP contribution in [0.15, 0.2) is 27.5 Å². The maximum Gasteiger partial charge on any atom is 0.326 e. The minimum Gasteiger partial charge on any atom is -0.389 e. The molecule has 0 fully saturated rings. The molecule has 0 bridgehead atoms. The number of halogens is 1. The van der Waals surface area contributed by atoms with Crippen molar-refractivity contribution < 1.29 is 5.11 Å². The minimum atomic E-state index is -0.915. The van der Waals surface area contributed by atoms with Crippen molar-refractivity contribution in [2.24, 2.45) is 0 Å². The number of hydrogen-bond acceptors (Lipinski definition) is 2. The topological polar surface area (TPSA) is 58.0 Å². The zero-order valence-electron chi connectivity index (χ0n) is 9.12. The van der Waals surface area contributed by atoms with Crippen molar-refractivity contribution in [3.63, 3.8) is 0 Å². The summed E-state index contributed by atoms with van der Waals surface area (Å²) in [7, 11) is 0. The first-order chi connectivity index (χ1) is 7.37. The second-order valence-corrected chi connectivity index (χ2v) is 5.41. The third kappa shape index (κ3) is 2.20. The summed E-state index contributed by atoms with van der Waals surface area (Å²) < 4.78 is 2.45. The highest BCUT2D eigenvalue weighted by Crippen LogP contribution is 2.18. The number of rotatable bonds is 2. The molecule has 0 aliphatic heterocycles. The number of nitrogens with zero attached hydrogens (tertiary/aromatic N) is 1. The zero-order chi connectivity index (χ0) is 11.9. The Morgan fingerprint density at radius 1 is 1.50 bits per heavy atom. The van der Waals surface area contributed by atoms with E-state index in [1.165, 1.54) is 0 Å². The minimum absolute atomic E-state index is 0.199. The Bertz CT molecular complexity index is 578. The van der Waals surface area contributed by atoms with Crippen molar-refractivity contribution in [2.45, 2.75) is 26.0 Å². The van der Waals surface area contributed by atoms with E-state index in [9.17, 15) is 9.90 Å². The second-order valence-electron chi connectivity index (χ2n) is 4.49. The number of nitrogens with one attached hydrogen (secondary N) is 1. The lowest BCUT2D eigenvalue weighted by Crippen LogP contribution is -2.31. The molecule has 2 N–H and O–H groups in total. The van der Waals surface area contributed by atoms with Gasteiger partial charge in [0.05, 0.1) is 23.2 Å². The highest BCUT2D eigenvalue weighted by Gasteiger charge is 2.17. The Morgan fingerprint density at radius 2 is 2.19 bits per heavy atom. The first kappa shape index (κ1) is 11.4. The van der Waals surface area contributed by atoms with Crippen LogP contribution >= 0.6 is 15.9 Å². The van der Waals surface area contributed by atoms with Crippen LogP contribution in [0, 0.1) is 0 Å². The van der Waals surface area contributed by atoms with Crippen LogP contribution in [0.3, 0.4) is 0 Å². The van der Waals surface area contributed by atoms with Crippen molar-refractivity contribution in [3.05, 3.63) is 33.2 Å². The molecule has 0 radical (unpaired) electrons. The molecule has 4 nitrogen and oxygen atoms in total. The van der Waals surface area contributed by atoms with Gasteiger partial charge in [-0.05, 0) is 32.0 Å². The number of hydrogen-bond donors (Lipinski definition) is 2. The van der Waals surface area contributed by atoms with Gasteiger partial charge in [0.1, 0.15) is 0 Å². The SMILES string of the molecule is CC(C)(O)Cn1c(=O)[nH]c2ccc(Br)cc21. The predicted octanol–water partition coefficient (Wildman–Crippen LogP) is 1.86. The van der Waals surface area contributed by atoms with Gasteiger partial charge in [-0.2, -0.15) is 0 Å². The summed E-state index contributed by atoms with van der Waals surface area (Å²) in [4.78, 5) is 14.5. The van der Waals surface area contributed by atoms with Crippen LogP contribution < -0.4 is 5.69 Å². The van der Waals surface area contributed by atoms with Gasteiger partial charge < -0.3 is 10.1 Å². The fourth-order valence-corrected chi connectivity index (χ4v) is 2.02. The van der Waals surface area contributed by atoms with E-state index in [2.05, 4.69) is 20.9 Å². The molecule has 0 aliphatic rings. The molecule has 0 amide bonds. The molecule has 0 atom stereocenters. The first-order valence-electron chi connectivity index (χ1n) is 4.97. The first-order valence-corrected chi connectivity index (χ1v) is 5.76. The largest absolute Gasteiger partial charge is 0.389 e. The maximum atomic E-state index is 11.7. The third-order valence-electron chi connectivity index (χ3n) is 2.28. The lowest BCUT2D eigenvalue weighted by molar-refractivity contribution is 0.0617. The molecule has 0 saturated heterocycles. The van der Waals surface area contributed by atoms with Gasteiger partial charge in [-0.3, -0.25) is 4.57 Å². The lowest BCUT2D eigenvalue weighted by Gasteiger charge is -2.17. The van der Waals surface area contributed by atoms with E-state index in [0.717, 1.165) is 15.5 Å². The van der Waals surface area contributed by atoms with Gasteiger partial charge in [0.15, 0.2) is 0 Å². The number of aromatic nitrogens is 2. The maximum absolute atomic E-state index is 11.7. The number of aromatic amines is 1. The van der Waals surface area contributed by atoms with Crippen LogP contribution in [-0.4, -0.2) is 20.3 Å². The van der Waals surface area contributed by atoms with Gasteiger partial charge in [0.25, 0.3) is 0 Å². The van der Waals surface area contributed by atoms with E-state index in [0.29, 0.717) is 0 Å². The molecule has 0 spiro atoms. The van der Waals surface area contributed by atoms with Gasteiger partial charge in [-0.1, -0.05) is 15.9 Å². The average molecular weight is 285 g/mol. The summed E-state index contributed by atoms with van der Waals surface area (Å²) >= 11 is 3.36. The monoisotopic (exact) mass is 284 g/mol. The van der Waals surface area contributed by atoms with Gasteiger partial charge in [-0.25, -0.2) is 4.79 Å². The predicted molar refractivity (Wildman–Crippen MR) is 66.6 cm³/mol. The Labute approximate surface area is 101 Å². The van der Waals surface area contributed by atoms with Crippen LogP contribution in [0.5, 0.6) is 0 Å². The molecule has 16 heavy (non-hydrogen) atoms. The third-order valence-corrected chi connectivity index (χ3v) is 2.78. The van der Waals surface area contributed by atoms with Crippen LogP contribution in [0.25, 0.3) is 11.0 Å². The molecule has 1 heterocycles. The molecule has 1 aromatic heterocycles. The van der Waals surface area contributed by atoms with E-state index in [4.69, 9.17) is 0 Å². The molecule has 0 aliphatic carbocycles. The van der Waals surface area contributed by atoms with Crippen molar-refractivity contribution in [2.75, 3.05) is 0 Å². The molecule has 1 aromatic carbocycles. The summed E-state index contributed by atoms with van der Waals surface area (Å²) in [5.41, 5.74) is 0.454. The molecule has 0 unspecified atom stereocenters. The second kappa shape index (κ2) is 3.75. The standard InChI is InChI=1S/C11H13BrN2O2/c1-11(2,16)6-14-9-5-7(12)3-4-8(9)13-10(14)15/h3-5,16H,6H2,1-2H3,(H,13,15). The number of H-pyrrole nitrogens is 1. The number of benzene rings is 1. The number of aliphatic hydroxyl groups is 1. The summed E-state index contributed by atoms with van der Waals surface area (Å²) in [6.45, 7) is 3.62. The summed E-state index contributed by atoms with van der Waals surface area (Å²) in [6, 6.07) is 5.56. The average Bonchev–Trinajstić information content (AvgIpc) is 2.42. The van der Waals surface area contributed by atoms with E-state index in [1.54, 1.807) is 18.4 Å². The highest BCUT2D eigenvalue weighted by molar-refractivity contribution is 9.10. The molecule has 2 rings (SSSR count). The summed E-state index contributed by atoms with van der Waals surface area (Å²) in [6.07, 6.45) is 0.